The highest BCUT2D eigenvalue weighted by Gasteiger charge is 2.24. The number of rotatable bonds is 5. The molecule has 0 aliphatic carbocycles. The molecule has 1 N–H and O–H groups in total. The van der Waals surface area contributed by atoms with Crippen LogP contribution < -0.4 is 5.32 Å². The van der Waals surface area contributed by atoms with Crippen molar-refractivity contribution in [2.75, 3.05) is 13.7 Å². The Morgan fingerprint density at radius 2 is 2.00 bits per heavy atom. The van der Waals surface area contributed by atoms with Crippen molar-refractivity contribution in [3.63, 3.8) is 0 Å². The molecule has 4 nitrogen and oxygen atoms in total. The second kappa shape index (κ2) is 8.03. The first-order valence-corrected chi connectivity index (χ1v) is 7.85. The van der Waals surface area contributed by atoms with Gasteiger partial charge in [0.1, 0.15) is 0 Å². The second-order valence-corrected chi connectivity index (χ2v) is 5.66. The van der Waals surface area contributed by atoms with Crippen molar-refractivity contribution in [1.82, 2.24) is 10.2 Å². The molecular formula is C17H26N2O2. The van der Waals surface area contributed by atoms with Crippen LogP contribution in [-0.4, -0.2) is 30.6 Å². The number of urea groups is 1. The van der Waals surface area contributed by atoms with E-state index < -0.39 is 0 Å². The summed E-state index contributed by atoms with van der Waals surface area (Å²) in [7, 11) is 1.69. The number of nitrogens with one attached hydrogen (secondary N) is 1. The third-order valence-electron chi connectivity index (χ3n) is 4.14. The van der Waals surface area contributed by atoms with Gasteiger partial charge in [-0.3, -0.25) is 0 Å². The molecule has 1 heterocycles. The first-order chi connectivity index (χ1) is 10.2. The van der Waals surface area contributed by atoms with Crippen LogP contribution in [0.3, 0.4) is 0 Å². The van der Waals surface area contributed by atoms with Crippen molar-refractivity contribution in [3.8, 4) is 0 Å². The Morgan fingerprint density at radius 3 is 2.67 bits per heavy atom. The number of carbonyl (C=O) groups excluding carboxylic acids is 1. The molecule has 4 heteroatoms. The minimum Gasteiger partial charge on any atom is -0.380 e. The molecular weight excluding hydrogens is 264 g/mol. The Bertz CT molecular complexity index is 445. The van der Waals surface area contributed by atoms with Crippen molar-refractivity contribution in [2.24, 2.45) is 0 Å². The van der Waals surface area contributed by atoms with Crippen molar-refractivity contribution in [2.45, 2.75) is 51.8 Å². The first kappa shape index (κ1) is 15.8. The van der Waals surface area contributed by atoms with Gasteiger partial charge in [0.05, 0.1) is 6.61 Å². The Morgan fingerprint density at radius 1 is 1.29 bits per heavy atom. The third-order valence-corrected chi connectivity index (χ3v) is 4.14. The smallest absolute Gasteiger partial charge is 0.317 e. The Kier molecular flexibility index (Phi) is 6.05. The van der Waals surface area contributed by atoms with E-state index >= 15 is 0 Å². The van der Waals surface area contributed by atoms with Crippen molar-refractivity contribution in [3.05, 3.63) is 35.4 Å². The highest BCUT2D eigenvalue weighted by molar-refractivity contribution is 5.74. The zero-order valence-electron chi connectivity index (χ0n) is 13.1. The summed E-state index contributed by atoms with van der Waals surface area (Å²) in [6, 6.07) is 8.65. The summed E-state index contributed by atoms with van der Waals surface area (Å²) in [6.07, 6.45) is 4.54. The minimum absolute atomic E-state index is 0.0718. The highest BCUT2D eigenvalue weighted by atomic mass is 16.5. The van der Waals surface area contributed by atoms with E-state index in [1.54, 1.807) is 7.11 Å². The number of ether oxygens (including phenoxy) is 1. The number of hydrogen-bond donors (Lipinski definition) is 1. The van der Waals surface area contributed by atoms with Gasteiger partial charge < -0.3 is 15.0 Å². The molecule has 0 bridgehead atoms. The summed E-state index contributed by atoms with van der Waals surface area (Å²) in [4.78, 5) is 14.3. The lowest BCUT2D eigenvalue weighted by atomic mass is 10.0. The minimum atomic E-state index is 0.0718. The van der Waals surface area contributed by atoms with E-state index in [1.807, 2.05) is 29.2 Å². The average Bonchev–Trinajstić information content (AvgIpc) is 2.54. The van der Waals surface area contributed by atoms with Crippen LogP contribution in [0.1, 0.15) is 43.7 Å². The van der Waals surface area contributed by atoms with Gasteiger partial charge in [-0.25, -0.2) is 4.79 Å². The molecule has 116 valence electrons. The third kappa shape index (κ3) is 4.46. The zero-order valence-corrected chi connectivity index (χ0v) is 13.1. The number of likely N-dealkylation sites (tertiary alicyclic amines) is 1. The Balaban J connectivity index is 1.85. The fourth-order valence-electron chi connectivity index (χ4n) is 2.89. The normalized spacial score (nSPS) is 18.6. The lowest BCUT2D eigenvalue weighted by molar-refractivity contribution is 0.148. The van der Waals surface area contributed by atoms with Crippen molar-refractivity contribution < 1.29 is 9.53 Å². The van der Waals surface area contributed by atoms with Gasteiger partial charge in [0.2, 0.25) is 0 Å². The van der Waals surface area contributed by atoms with Crippen LogP contribution in [0, 0.1) is 0 Å². The molecule has 0 aromatic heterocycles. The fourth-order valence-corrected chi connectivity index (χ4v) is 2.89. The maximum Gasteiger partial charge on any atom is 0.317 e. The summed E-state index contributed by atoms with van der Waals surface area (Å²) in [5.74, 6) is 0. The fraction of sp³-hybridized carbons (Fsp3) is 0.588. The van der Waals surface area contributed by atoms with E-state index in [9.17, 15) is 4.79 Å². The molecule has 1 unspecified atom stereocenters. The maximum absolute atomic E-state index is 12.3. The SMILES string of the molecule is CCC1CCCCN1C(=O)NCc1ccc(COC)cc1. The molecule has 1 aromatic carbocycles. The monoisotopic (exact) mass is 290 g/mol. The molecule has 1 aliphatic rings. The quantitative estimate of drug-likeness (QED) is 0.904. The summed E-state index contributed by atoms with van der Waals surface area (Å²) < 4.78 is 5.09. The van der Waals surface area contributed by atoms with Crippen LogP contribution in [0.4, 0.5) is 4.79 Å². The molecule has 1 atom stereocenters. The van der Waals surface area contributed by atoms with E-state index in [2.05, 4.69) is 12.2 Å². The lowest BCUT2D eigenvalue weighted by Crippen LogP contribution is -2.48. The van der Waals surface area contributed by atoms with Crippen LogP contribution in [0.2, 0.25) is 0 Å². The lowest BCUT2D eigenvalue weighted by Gasteiger charge is -2.35. The molecule has 2 amide bonds. The van der Waals surface area contributed by atoms with Crippen LogP contribution >= 0.6 is 0 Å². The number of carbonyl (C=O) groups is 1. The van der Waals surface area contributed by atoms with Gasteiger partial charge >= 0.3 is 6.03 Å². The van der Waals surface area contributed by atoms with Gasteiger partial charge in [0.25, 0.3) is 0 Å². The van der Waals surface area contributed by atoms with Gasteiger partial charge in [-0.1, -0.05) is 31.2 Å². The molecule has 21 heavy (non-hydrogen) atoms. The molecule has 0 radical (unpaired) electrons. The van der Waals surface area contributed by atoms with Gasteiger partial charge in [-0.05, 0) is 36.8 Å². The van der Waals surface area contributed by atoms with Gasteiger partial charge in [0.15, 0.2) is 0 Å². The summed E-state index contributed by atoms with van der Waals surface area (Å²) in [5.41, 5.74) is 2.27. The number of piperidine rings is 1. The molecule has 0 saturated carbocycles. The van der Waals surface area contributed by atoms with Crippen LogP contribution in [0.15, 0.2) is 24.3 Å². The number of nitrogens with zero attached hydrogens (tertiary/aromatic N) is 1. The Hall–Kier alpha value is -1.55. The number of amides is 2. The summed E-state index contributed by atoms with van der Waals surface area (Å²) in [6.45, 7) is 4.25. The predicted octanol–water partition coefficient (Wildman–Crippen LogP) is 3.31. The topological polar surface area (TPSA) is 41.6 Å². The number of hydrogen-bond acceptors (Lipinski definition) is 2. The first-order valence-electron chi connectivity index (χ1n) is 7.85. The van der Waals surface area contributed by atoms with E-state index in [0.29, 0.717) is 19.2 Å². The maximum atomic E-state index is 12.3. The second-order valence-electron chi connectivity index (χ2n) is 5.66. The Labute approximate surface area is 127 Å². The van der Waals surface area contributed by atoms with Crippen molar-refractivity contribution >= 4 is 6.03 Å². The molecule has 2 rings (SSSR count). The van der Waals surface area contributed by atoms with Crippen LogP contribution in [0.25, 0.3) is 0 Å². The van der Waals surface area contributed by atoms with E-state index in [1.165, 1.54) is 6.42 Å². The highest BCUT2D eigenvalue weighted by Crippen LogP contribution is 2.19. The summed E-state index contributed by atoms with van der Waals surface area (Å²) >= 11 is 0. The average molecular weight is 290 g/mol. The van der Waals surface area contributed by atoms with Gasteiger partial charge in [0, 0.05) is 26.2 Å². The molecule has 1 saturated heterocycles. The molecule has 1 aliphatic heterocycles. The largest absolute Gasteiger partial charge is 0.380 e. The number of methoxy groups -OCH3 is 1. The predicted molar refractivity (Wildman–Crippen MR) is 84.0 cm³/mol. The zero-order chi connectivity index (χ0) is 15.1. The van der Waals surface area contributed by atoms with Gasteiger partial charge in [-0.2, -0.15) is 0 Å². The van der Waals surface area contributed by atoms with E-state index in [0.717, 1.165) is 36.9 Å². The van der Waals surface area contributed by atoms with Crippen LogP contribution in [-0.2, 0) is 17.9 Å². The molecule has 0 spiro atoms. The summed E-state index contributed by atoms with van der Waals surface area (Å²) in [5, 5.41) is 3.04. The molecule has 1 fully saturated rings. The standard InChI is InChI=1S/C17H26N2O2/c1-3-16-6-4-5-11-19(16)17(20)18-12-14-7-9-15(10-8-14)13-21-2/h7-10,16H,3-6,11-13H2,1-2H3,(H,18,20). The van der Waals surface area contributed by atoms with E-state index in [-0.39, 0.29) is 6.03 Å². The number of benzene rings is 1. The molecule has 1 aromatic rings. The van der Waals surface area contributed by atoms with E-state index in [4.69, 9.17) is 4.74 Å². The van der Waals surface area contributed by atoms with Crippen molar-refractivity contribution in [1.29, 1.82) is 0 Å². The van der Waals surface area contributed by atoms with Crippen LogP contribution in [0.5, 0.6) is 0 Å². The van der Waals surface area contributed by atoms with Gasteiger partial charge in [-0.15, -0.1) is 0 Å².